The smallest absolute Gasteiger partial charge is 0.240 e. The van der Waals surface area contributed by atoms with E-state index in [1.54, 1.807) is 32.0 Å². The third-order valence-electron chi connectivity index (χ3n) is 4.41. The lowest BCUT2D eigenvalue weighted by Crippen LogP contribution is -2.57. The van der Waals surface area contributed by atoms with Crippen LogP contribution in [-0.4, -0.2) is 25.2 Å². The van der Waals surface area contributed by atoms with E-state index in [0.29, 0.717) is 12.8 Å². The number of aliphatic hydroxyl groups is 1. The average molecular weight is 355 g/mol. The third-order valence-corrected chi connectivity index (χ3v) is 5.87. The zero-order valence-corrected chi connectivity index (χ0v) is 15.4. The van der Waals surface area contributed by atoms with Gasteiger partial charge in [-0.15, -0.1) is 0 Å². The number of hydrogen-bond donors (Lipinski definition) is 2. The highest BCUT2D eigenvalue weighted by molar-refractivity contribution is 7.89. The fourth-order valence-corrected chi connectivity index (χ4v) is 4.00. The maximum atomic E-state index is 13.2. The molecule has 0 bridgehead atoms. The molecule has 0 aromatic heterocycles. The Morgan fingerprint density at radius 2 is 1.92 bits per heavy atom. The number of hydrogen-bond acceptors (Lipinski definition) is 3. The topological polar surface area (TPSA) is 66.4 Å². The van der Waals surface area contributed by atoms with E-state index in [2.05, 4.69) is 11.3 Å². The lowest BCUT2D eigenvalue weighted by atomic mass is 9.76. The Balaban J connectivity index is 3.40. The van der Waals surface area contributed by atoms with Crippen molar-refractivity contribution < 1.29 is 17.9 Å². The predicted octanol–water partition coefficient (Wildman–Crippen LogP) is 3.56. The van der Waals surface area contributed by atoms with Crippen molar-refractivity contribution in [1.29, 1.82) is 0 Å². The van der Waals surface area contributed by atoms with Crippen molar-refractivity contribution >= 4 is 10.0 Å². The minimum Gasteiger partial charge on any atom is -0.379 e. The molecule has 1 aromatic rings. The second-order valence-electron chi connectivity index (χ2n) is 6.14. The largest absolute Gasteiger partial charge is 0.379 e. The van der Waals surface area contributed by atoms with Gasteiger partial charge in [0, 0.05) is 0 Å². The second kappa shape index (κ2) is 8.05. The molecular formula is C18H26FNO3S. The van der Waals surface area contributed by atoms with Crippen LogP contribution in [0.3, 0.4) is 0 Å². The molecule has 24 heavy (non-hydrogen) atoms. The molecular weight excluding hydrogens is 329 g/mol. The molecule has 0 saturated carbocycles. The molecule has 1 rings (SSSR count). The Morgan fingerprint density at radius 3 is 2.33 bits per heavy atom. The molecule has 6 heteroatoms. The first kappa shape index (κ1) is 20.5. The quantitative estimate of drug-likeness (QED) is 0.701. The monoisotopic (exact) mass is 355 g/mol. The minimum absolute atomic E-state index is 0.0102. The third kappa shape index (κ3) is 4.12. The first-order valence-corrected chi connectivity index (χ1v) is 9.32. The van der Waals surface area contributed by atoms with E-state index >= 15 is 0 Å². The number of nitrogens with one attached hydrogen (secondary N) is 1. The normalized spacial score (nSPS) is 17.8. The van der Waals surface area contributed by atoms with Crippen molar-refractivity contribution in [3.05, 3.63) is 54.4 Å². The highest BCUT2D eigenvalue weighted by Crippen LogP contribution is 2.34. The SMILES string of the molecule is C=C(C)C(O)(/C(C)=C/F)[C@@H](NS(=O)(=O)c1ccccc1)[C@@H](C)CC. The second-order valence-corrected chi connectivity index (χ2v) is 7.85. The van der Waals surface area contributed by atoms with Crippen molar-refractivity contribution in [3.8, 4) is 0 Å². The van der Waals surface area contributed by atoms with Gasteiger partial charge in [0.25, 0.3) is 0 Å². The number of halogens is 1. The van der Waals surface area contributed by atoms with Crippen LogP contribution in [0.4, 0.5) is 4.39 Å². The fourth-order valence-electron chi connectivity index (χ4n) is 2.61. The molecule has 0 spiro atoms. The Labute approximate surface area is 144 Å². The van der Waals surface area contributed by atoms with Crippen LogP contribution in [0.25, 0.3) is 0 Å². The van der Waals surface area contributed by atoms with E-state index in [1.165, 1.54) is 19.1 Å². The van der Waals surface area contributed by atoms with Gasteiger partial charge in [-0.3, -0.25) is 0 Å². The van der Waals surface area contributed by atoms with E-state index in [4.69, 9.17) is 0 Å². The summed E-state index contributed by atoms with van der Waals surface area (Å²) in [5, 5.41) is 11.1. The van der Waals surface area contributed by atoms with Crippen molar-refractivity contribution in [3.63, 3.8) is 0 Å². The summed E-state index contributed by atoms with van der Waals surface area (Å²) in [5.41, 5.74) is -1.53. The van der Waals surface area contributed by atoms with E-state index in [9.17, 15) is 17.9 Å². The molecule has 1 aromatic carbocycles. The van der Waals surface area contributed by atoms with E-state index in [-0.39, 0.29) is 22.0 Å². The molecule has 0 aliphatic rings. The summed E-state index contributed by atoms with van der Waals surface area (Å²) in [7, 11) is -3.87. The number of sulfonamides is 1. The van der Waals surface area contributed by atoms with Crippen molar-refractivity contribution in [2.75, 3.05) is 0 Å². The summed E-state index contributed by atoms with van der Waals surface area (Å²) in [4.78, 5) is 0.0873. The summed E-state index contributed by atoms with van der Waals surface area (Å²) >= 11 is 0. The van der Waals surface area contributed by atoms with Crippen molar-refractivity contribution in [2.24, 2.45) is 5.92 Å². The van der Waals surface area contributed by atoms with E-state index < -0.39 is 21.7 Å². The predicted molar refractivity (Wildman–Crippen MR) is 94.6 cm³/mol. The van der Waals surface area contributed by atoms with Gasteiger partial charge in [0.1, 0.15) is 5.60 Å². The molecule has 2 N–H and O–H groups in total. The lowest BCUT2D eigenvalue weighted by molar-refractivity contribution is 0.0575. The lowest BCUT2D eigenvalue weighted by Gasteiger charge is -2.40. The first-order valence-electron chi connectivity index (χ1n) is 7.84. The molecule has 0 saturated heterocycles. The van der Waals surface area contributed by atoms with Crippen LogP contribution in [0.2, 0.25) is 0 Å². The summed E-state index contributed by atoms with van der Waals surface area (Å²) < 4.78 is 41.1. The molecule has 4 nitrogen and oxygen atoms in total. The Bertz CT molecular complexity index is 700. The Hall–Kier alpha value is -1.50. The van der Waals surface area contributed by atoms with Crippen LogP contribution < -0.4 is 4.72 Å². The maximum Gasteiger partial charge on any atom is 0.240 e. The van der Waals surface area contributed by atoms with Crippen LogP contribution in [0.1, 0.15) is 34.1 Å². The molecule has 0 heterocycles. The van der Waals surface area contributed by atoms with Crippen LogP contribution >= 0.6 is 0 Å². The molecule has 0 amide bonds. The van der Waals surface area contributed by atoms with Gasteiger partial charge in [-0.25, -0.2) is 17.5 Å². The Kier molecular flexibility index (Phi) is 6.89. The highest BCUT2D eigenvalue weighted by Gasteiger charge is 2.44. The van der Waals surface area contributed by atoms with Crippen LogP contribution in [0, 0.1) is 5.92 Å². The zero-order valence-electron chi connectivity index (χ0n) is 14.6. The number of rotatable bonds is 8. The van der Waals surface area contributed by atoms with Crippen LogP contribution in [-0.2, 0) is 10.0 Å². The molecule has 134 valence electrons. The summed E-state index contributed by atoms with van der Waals surface area (Å²) in [6, 6.07) is 6.93. The van der Waals surface area contributed by atoms with Gasteiger partial charge in [-0.05, 0) is 43.0 Å². The van der Waals surface area contributed by atoms with Gasteiger partial charge in [0.2, 0.25) is 10.0 Å². The van der Waals surface area contributed by atoms with Gasteiger partial charge in [0.15, 0.2) is 0 Å². The van der Waals surface area contributed by atoms with Gasteiger partial charge in [-0.1, -0.05) is 45.0 Å². The fraction of sp³-hybridized carbons (Fsp3) is 0.444. The molecule has 0 aliphatic carbocycles. The zero-order chi connectivity index (χ0) is 18.5. The van der Waals surface area contributed by atoms with E-state index in [1.807, 2.05) is 6.92 Å². The number of benzene rings is 1. The Morgan fingerprint density at radius 1 is 1.38 bits per heavy atom. The van der Waals surface area contributed by atoms with E-state index in [0.717, 1.165) is 0 Å². The maximum absolute atomic E-state index is 13.2. The molecule has 3 atom stereocenters. The standard InChI is InChI=1S/C18H26FNO3S/c1-6-14(4)17(18(21,13(2)3)15(5)12-19)20-24(22,23)16-10-8-7-9-11-16/h7-12,14,17,20-21H,2,6H2,1,3-5H3/b15-12+/t14-,17-,18?/m0/s1. The minimum atomic E-state index is -3.87. The summed E-state index contributed by atoms with van der Waals surface area (Å²) in [5.74, 6) is -0.250. The van der Waals surface area contributed by atoms with Gasteiger partial charge in [-0.2, -0.15) is 0 Å². The first-order chi connectivity index (χ1) is 11.1. The van der Waals surface area contributed by atoms with Crippen molar-refractivity contribution in [2.45, 2.75) is 50.7 Å². The average Bonchev–Trinajstić information content (AvgIpc) is 2.58. The molecule has 0 fully saturated rings. The van der Waals surface area contributed by atoms with Gasteiger partial charge in [0.05, 0.1) is 17.3 Å². The molecule has 1 unspecified atom stereocenters. The summed E-state index contributed by atoms with van der Waals surface area (Å²) in [6.45, 7) is 10.4. The molecule has 0 radical (unpaired) electrons. The molecule has 0 aliphatic heterocycles. The van der Waals surface area contributed by atoms with Crippen molar-refractivity contribution in [1.82, 2.24) is 4.72 Å². The highest BCUT2D eigenvalue weighted by atomic mass is 32.2. The van der Waals surface area contributed by atoms with Gasteiger partial charge < -0.3 is 5.11 Å². The summed E-state index contributed by atoms with van der Waals surface area (Å²) in [6.07, 6.45) is 0.887. The van der Waals surface area contributed by atoms with Gasteiger partial charge >= 0.3 is 0 Å². The van der Waals surface area contributed by atoms with Crippen LogP contribution in [0.15, 0.2) is 59.3 Å². The van der Waals surface area contributed by atoms with Crippen LogP contribution in [0.5, 0.6) is 0 Å².